The second kappa shape index (κ2) is 12.2. The third-order valence-electron chi connectivity index (χ3n) is 5.48. The molecule has 36 heavy (non-hydrogen) atoms. The Morgan fingerprint density at radius 1 is 0.944 bits per heavy atom. The van der Waals surface area contributed by atoms with E-state index in [0.29, 0.717) is 11.0 Å². The zero-order valence-corrected chi connectivity index (χ0v) is 21.7. The highest BCUT2D eigenvalue weighted by molar-refractivity contribution is 7.99. The van der Waals surface area contributed by atoms with Gasteiger partial charge in [0.1, 0.15) is 0 Å². The number of ether oxygens (including phenoxy) is 2. The molecule has 0 aliphatic rings. The van der Waals surface area contributed by atoms with Crippen molar-refractivity contribution in [2.45, 2.75) is 19.0 Å². The van der Waals surface area contributed by atoms with Crippen molar-refractivity contribution in [2.24, 2.45) is 7.05 Å². The van der Waals surface area contributed by atoms with Crippen LogP contribution in [0.5, 0.6) is 0 Å². The number of hydrogen-bond donors (Lipinski definition) is 1. The van der Waals surface area contributed by atoms with Gasteiger partial charge in [0.05, 0.1) is 31.1 Å². The normalized spacial score (nSPS) is 10.6. The number of benzene rings is 2. The fraction of sp³-hybridized carbons (Fsp3) is 0.320. The van der Waals surface area contributed by atoms with Crippen molar-refractivity contribution in [2.75, 3.05) is 43.3 Å². The van der Waals surface area contributed by atoms with E-state index >= 15 is 0 Å². The minimum Gasteiger partial charge on any atom is -0.465 e. The molecule has 0 fully saturated rings. The largest absolute Gasteiger partial charge is 0.465 e. The molecule has 0 spiro atoms. The molecular formula is C25H29N5O5S. The summed E-state index contributed by atoms with van der Waals surface area (Å²) in [4.78, 5) is 38.8. The van der Waals surface area contributed by atoms with E-state index in [1.54, 1.807) is 0 Å². The predicted molar refractivity (Wildman–Crippen MR) is 138 cm³/mol. The molecule has 0 radical (unpaired) electrons. The van der Waals surface area contributed by atoms with Gasteiger partial charge in [-0.1, -0.05) is 11.8 Å². The van der Waals surface area contributed by atoms with Gasteiger partial charge in [0, 0.05) is 37.1 Å². The summed E-state index contributed by atoms with van der Waals surface area (Å²) in [6, 6.07) is 12.3. The molecule has 3 rings (SSSR count). The molecule has 0 aliphatic heterocycles. The van der Waals surface area contributed by atoms with E-state index in [1.807, 2.05) is 23.7 Å². The molecule has 1 N–H and O–H groups in total. The highest BCUT2D eigenvalue weighted by Gasteiger charge is 2.17. The van der Waals surface area contributed by atoms with Gasteiger partial charge in [-0.15, -0.1) is 10.2 Å². The van der Waals surface area contributed by atoms with E-state index in [-0.39, 0.29) is 28.5 Å². The van der Waals surface area contributed by atoms with Crippen LogP contribution in [0.3, 0.4) is 0 Å². The Morgan fingerprint density at radius 2 is 1.53 bits per heavy atom. The molecule has 2 aromatic carbocycles. The first kappa shape index (κ1) is 26.7. The van der Waals surface area contributed by atoms with E-state index in [2.05, 4.69) is 46.4 Å². The highest BCUT2D eigenvalue weighted by Crippen LogP contribution is 2.25. The Labute approximate surface area is 214 Å². The lowest BCUT2D eigenvalue weighted by atomic mass is 10.1. The van der Waals surface area contributed by atoms with Crippen LogP contribution in [-0.2, 0) is 21.3 Å². The maximum absolute atomic E-state index is 12.6. The number of esters is 2. The summed E-state index contributed by atoms with van der Waals surface area (Å²) in [6.07, 6.45) is 0. The molecular weight excluding hydrogens is 482 g/mol. The average Bonchev–Trinajstić information content (AvgIpc) is 3.27. The van der Waals surface area contributed by atoms with Crippen LogP contribution in [0.4, 0.5) is 11.4 Å². The number of thioether (sulfide) groups is 1. The highest BCUT2D eigenvalue weighted by atomic mass is 32.2. The van der Waals surface area contributed by atoms with Crippen molar-refractivity contribution in [3.05, 3.63) is 53.6 Å². The predicted octanol–water partition coefficient (Wildman–Crippen LogP) is 3.63. The van der Waals surface area contributed by atoms with Gasteiger partial charge < -0.3 is 24.3 Å². The lowest BCUT2D eigenvalue weighted by Gasteiger charge is -2.21. The second-order valence-electron chi connectivity index (χ2n) is 7.70. The van der Waals surface area contributed by atoms with Crippen LogP contribution < -0.4 is 10.2 Å². The van der Waals surface area contributed by atoms with Crippen LogP contribution in [0.25, 0.3) is 11.4 Å². The number of carbonyl (C=O) groups is 3. The zero-order valence-electron chi connectivity index (χ0n) is 20.9. The van der Waals surface area contributed by atoms with Crippen LogP contribution in [0.2, 0.25) is 0 Å². The summed E-state index contributed by atoms with van der Waals surface area (Å²) in [5, 5.41) is 11.8. The van der Waals surface area contributed by atoms with E-state index in [4.69, 9.17) is 9.47 Å². The number of nitrogens with one attached hydrogen (secondary N) is 1. The van der Waals surface area contributed by atoms with E-state index in [0.717, 1.165) is 24.3 Å². The van der Waals surface area contributed by atoms with Gasteiger partial charge >= 0.3 is 11.9 Å². The summed E-state index contributed by atoms with van der Waals surface area (Å²) in [5.41, 5.74) is 2.58. The maximum atomic E-state index is 12.6. The molecule has 11 heteroatoms. The average molecular weight is 512 g/mol. The van der Waals surface area contributed by atoms with Crippen molar-refractivity contribution < 1.29 is 23.9 Å². The minimum absolute atomic E-state index is 0.0445. The Balaban J connectivity index is 1.69. The number of rotatable bonds is 10. The van der Waals surface area contributed by atoms with Crippen molar-refractivity contribution in [3.63, 3.8) is 0 Å². The summed E-state index contributed by atoms with van der Waals surface area (Å²) in [6.45, 7) is 6.10. The van der Waals surface area contributed by atoms with Crippen LogP contribution in [-0.4, -0.2) is 65.7 Å². The number of hydrogen-bond acceptors (Lipinski definition) is 9. The van der Waals surface area contributed by atoms with Crippen LogP contribution in [0.1, 0.15) is 34.6 Å². The van der Waals surface area contributed by atoms with Gasteiger partial charge in [-0.05, 0) is 56.3 Å². The Bertz CT molecular complexity index is 1200. The van der Waals surface area contributed by atoms with E-state index < -0.39 is 11.9 Å². The summed E-state index contributed by atoms with van der Waals surface area (Å²) in [5.74, 6) is -0.878. The fourth-order valence-electron chi connectivity index (χ4n) is 3.60. The second-order valence-corrected chi connectivity index (χ2v) is 8.65. The monoisotopic (exact) mass is 511 g/mol. The van der Waals surface area contributed by atoms with Gasteiger partial charge in [-0.25, -0.2) is 9.59 Å². The van der Waals surface area contributed by atoms with E-state index in [1.165, 1.54) is 44.2 Å². The fourth-order valence-corrected chi connectivity index (χ4v) is 4.31. The first-order chi connectivity index (χ1) is 17.3. The number of carbonyl (C=O) groups excluding carboxylic acids is 3. The zero-order chi connectivity index (χ0) is 26.2. The number of anilines is 2. The Morgan fingerprint density at radius 3 is 2.06 bits per heavy atom. The van der Waals surface area contributed by atoms with Gasteiger partial charge in [-0.2, -0.15) is 0 Å². The number of methoxy groups -OCH3 is 2. The lowest BCUT2D eigenvalue weighted by molar-refractivity contribution is -0.113. The van der Waals surface area contributed by atoms with Crippen molar-refractivity contribution in [1.82, 2.24) is 14.8 Å². The molecule has 0 atom stereocenters. The topological polar surface area (TPSA) is 116 Å². The number of aromatic nitrogens is 3. The molecule has 0 bridgehead atoms. The van der Waals surface area contributed by atoms with Gasteiger partial charge in [-0.3, -0.25) is 4.79 Å². The number of amides is 1. The standard InChI is InChI=1S/C25H29N5O5S/c1-6-30(7-2)20-10-8-16(9-11-20)22-27-28-25(29(22)3)36-15-21(31)26-19-13-17(23(32)34-4)12-18(14-19)24(33)35-5/h8-14H,6-7,15H2,1-5H3,(H,26,31). The van der Waals surface area contributed by atoms with Gasteiger partial charge in [0.25, 0.3) is 0 Å². The van der Waals surface area contributed by atoms with Gasteiger partial charge in [0.2, 0.25) is 5.91 Å². The quantitative estimate of drug-likeness (QED) is 0.322. The Kier molecular flexibility index (Phi) is 9.07. The molecule has 0 saturated carbocycles. The summed E-state index contributed by atoms with van der Waals surface area (Å²) in [7, 11) is 4.31. The third-order valence-corrected chi connectivity index (χ3v) is 6.50. The lowest BCUT2D eigenvalue weighted by Crippen LogP contribution is -2.21. The smallest absolute Gasteiger partial charge is 0.337 e. The first-order valence-corrected chi connectivity index (χ1v) is 12.3. The van der Waals surface area contributed by atoms with Gasteiger partial charge in [0.15, 0.2) is 11.0 Å². The molecule has 1 amide bonds. The summed E-state index contributed by atoms with van der Waals surface area (Å²) >= 11 is 1.22. The van der Waals surface area contributed by atoms with Crippen LogP contribution in [0, 0.1) is 0 Å². The van der Waals surface area contributed by atoms with E-state index in [9.17, 15) is 14.4 Å². The molecule has 190 valence electrons. The van der Waals surface area contributed by atoms with Crippen molar-refractivity contribution >= 4 is 41.0 Å². The van der Waals surface area contributed by atoms with Crippen molar-refractivity contribution in [1.29, 1.82) is 0 Å². The molecule has 0 unspecified atom stereocenters. The summed E-state index contributed by atoms with van der Waals surface area (Å²) < 4.78 is 11.3. The third kappa shape index (κ3) is 6.22. The molecule has 0 saturated heterocycles. The Hall–Kier alpha value is -3.86. The molecule has 1 aromatic heterocycles. The molecule has 10 nitrogen and oxygen atoms in total. The number of nitrogens with zero attached hydrogens (tertiary/aromatic N) is 4. The first-order valence-electron chi connectivity index (χ1n) is 11.3. The van der Waals surface area contributed by atoms with Crippen LogP contribution in [0.15, 0.2) is 47.6 Å². The minimum atomic E-state index is -0.637. The van der Waals surface area contributed by atoms with Crippen LogP contribution >= 0.6 is 11.8 Å². The van der Waals surface area contributed by atoms with Crippen molar-refractivity contribution in [3.8, 4) is 11.4 Å². The molecule has 0 aliphatic carbocycles. The SMILES string of the molecule is CCN(CC)c1ccc(-c2nnc(SCC(=O)Nc3cc(C(=O)OC)cc(C(=O)OC)c3)n2C)cc1. The molecule has 1 heterocycles. The molecule has 3 aromatic rings. The maximum Gasteiger partial charge on any atom is 0.337 e.